The van der Waals surface area contributed by atoms with Crippen LogP contribution < -0.4 is 5.32 Å². The zero-order valence-corrected chi connectivity index (χ0v) is 13.0. The van der Waals surface area contributed by atoms with Crippen LogP contribution in [0.15, 0.2) is 24.3 Å². The Morgan fingerprint density at radius 2 is 1.91 bits per heavy atom. The topological polar surface area (TPSA) is 52.6 Å². The van der Waals surface area contributed by atoms with Gasteiger partial charge in [-0.2, -0.15) is 0 Å². The van der Waals surface area contributed by atoms with Crippen LogP contribution in [-0.2, 0) is 4.79 Å². The quantitative estimate of drug-likeness (QED) is 0.906. The molecular formula is C16H22FN3O2. The molecule has 1 N–H and O–H groups in total. The van der Waals surface area contributed by atoms with E-state index in [0.29, 0.717) is 19.1 Å². The molecule has 0 radical (unpaired) electrons. The number of nitrogens with zero attached hydrogens (tertiary/aromatic N) is 2. The molecular weight excluding hydrogens is 285 g/mol. The third-order valence-electron chi connectivity index (χ3n) is 3.88. The van der Waals surface area contributed by atoms with Crippen LogP contribution in [0.2, 0.25) is 0 Å². The van der Waals surface area contributed by atoms with E-state index < -0.39 is 11.7 Å². The Morgan fingerprint density at radius 3 is 2.50 bits per heavy atom. The van der Waals surface area contributed by atoms with E-state index in [1.807, 2.05) is 0 Å². The van der Waals surface area contributed by atoms with Crippen LogP contribution in [0.5, 0.6) is 0 Å². The number of piperazine rings is 1. The Balaban J connectivity index is 1.80. The fourth-order valence-electron chi connectivity index (χ4n) is 2.49. The van der Waals surface area contributed by atoms with E-state index in [9.17, 15) is 14.0 Å². The second kappa shape index (κ2) is 7.35. The second-order valence-electron chi connectivity index (χ2n) is 5.70. The highest BCUT2D eigenvalue weighted by atomic mass is 19.1. The van der Waals surface area contributed by atoms with Gasteiger partial charge < -0.3 is 10.2 Å². The number of benzene rings is 1. The number of amides is 2. The summed E-state index contributed by atoms with van der Waals surface area (Å²) in [5.74, 6) is -1.01. The lowest BCUT2D eigenvalue weighted by molar-refractivity contribution is -0.132. The van der Waals surface area contributed by atoms with Crippen molar-refractivity contribution in [1.29, 1.82) is 0 Å². The lowest BCUT2D eigenvalue weighted by Crippen LogP contribution is -2.52. The molecule has 0 aromatic heterocycles. The molecule has 0 spiro atoms. The smallest absolute Gasteiger partial charge is 0.251 e. The van der Waals surface area contributed by atoms with Crippen molar-refractivity contribution in [3.8, 4) is 0 Å². The van der Waals surface area contributed by atoms with Gasteiger partial charge in [-0.15, -0.1) is 0 Å². The number of halogens is 1. The van der Waals surface area contributed by atoms with Crippen molar-refractivity contribution in [2.24, 2.45) is 0 Å². The van der Waals surface area contributed by atoms with E-state index in [0.717, 1.165) is 19.2 Å². The van der Waals surface area contributed by atoms with Crippen molar-refractivity contribution in [3.05, 3.63) is 35.6 Å². The van der Waals surface area contributed by atoms with Crippen LogP contribution in [-0.4, -0.2) is 60.4 Å². The Hall–Kier alpha value is -1.95. The third kappa shape index (κ3) is 4.27. The maximum atomic E-state index is 13.1. The fraction of sp³-hybridized carbons (Fsp3) is 0.500. The molecule has 0 bridgehead atoms. The summed E-state index contributed by atoms with van der Waals surface area (Å²) in [7, 11) is 0. The van der Waals surface area contributed by atoms with Gasteiger partial charge in [0.1, 0.15) is 5.82 Å². The van der Waals surface area contributed by atoms with E-state index in [1.54, 1.807) is 4.90 Å². The number of hydrogen-bond acceptors (Lipinski definition) is 3. The highest BCUT2D eigenvalue weighted by molar-refractivity contribution is 5.96. The van der Waals surface area contributed by atoms with Crippen LogP contribution in [0.1, 0.15) is 24.2 Å². The molecule has 5 nitrogen and oxygen atoms in total. The Bertz CT molecular complexity index is 540. The van der Waals surface area contributed by atoms with E-state index in [4.69, 9.17) is 0 Å². The Labute approximate surface area is 130 Å². The maximum Gasteiger partial charge on any atom is 0.251 e. The van der Waals surface area contributed by atoms with E-state index >= 15 is 0 Å². The van der Waals surface area contributed by atoms with Gasteiger partial charge in [0.25, 0.3) is 5.91 Å². The first-order chi connectivity index (χ1) is 10.5. The van der Waals surface area contributed by atoms with E-state index in [-0.39, 0.29) is 18.0 Å². The summed E-state index contributed by atoms with van der Waals surface area (Å²) in [5.41, 5.74) is 0.220. The van der Waals surface area contributed by atoms with Crippen LogP contribution in [0.3, 0.4) is 0 Å². The fourth-order valence-corrected chi connectivity index (χ4v) is 2.49. The lowest BCUT2D eigenvalue weighted by Gasteiger charge is -2.36. The predicted octanol–water partition coefficient (Wildman–Crippen LogP) is 1.11. The molecule has 120 valence electrons. The van der Waals surface area contributed by atoms with Gasteiger partial charge in [0, 0.05) is 37.8 Å². The third-order valence-corrected chi connectivity index (χ3v) is 3.88. The van der Waals surface area contributed by atoms with Crippen LogP contribution in [0.25, 0.3) is 0 Å². The van der Waals surface area contributed by atoms with Crippen LogP contribution >= 0.6 is 0 Å². The van der Waals surface area contributed by atoms with Crippen LogP contribution in [0, 0.1) is 5.82 Å². The minimum Gasteiger partial charge on any atom is -0.343 e. The summed E-state index contributed by atoms with van der Waals surface area (Å²) in [5, 5.41) is 2.55. The molecule has 0 atom stereocenters. The normalized spacial score (nSPS) is 15.9. The molecule has 1 aliphatic rings. The molecule has 1 heterocycles. The highest BCUT2D eigenvalue weighted by Gasteiger charge is 2.22. The summed E-state index contributed by atoms with van der Waals surface area (Å²) >= 11 is 0. The highest BCUT2D eigenvalue weighted by Crippen LogP contribution is 2.06. The van der Waals surface area contributed by atoms with Gasteiger partial charge in [-0.3, -0.25) is 14.5 Å². The Kier molecular flexibility index (Phi) is 5.49. The van der Waals surface area contributed by atoms with Crippen molar-refractivity contribution >= 4 is 11.8 Å². The predicted molar refractivity (Wildman–Crippen MR) is 82.0 cm³/mol. The maximum absolute atomic E-state index is 13.1. The molecule has 1 aromatic rings. The summed E-state index contributed by atoms with van der Waals surface area (Å²) < 4.78 is 13.1. The number of nitrogens with one attached hydrogen (secondary N) is 1. The molecule has 0 unspecified atom stereocenters. The summed E-state index contributed by atoms with van der Waals surface area (Å²) in [4.78, 5) is 28.0. The van der Waals surface area contributed by atoms with Gasteiger partial charge in [-0.1, -0.05) is 6.07 Å². The zero-order valence-electron chi connectivity index (χ0n) is 13.0. The van der Waals surface area contributed by atoms with Gasteiger partial charge in [0.2, 0.25) is 5.91 Å². The number of carbonyl (C=O) groups is 2. The van der Waals surface area contributed by atoms with Crippen molar-refractivity contribution in [1.82, 2.24) is 15.1 Å². The van der Waals surface area contributed by atoms with Gasteiger partial charge in [-0.25, -0.2) is 4.39 Å². The van der Waals surface area contributed by atoms with Gasteiger partial charge in [0.15, 0.2) is 0 Å². The number of hydrogen-bond donors (Lipinski definition) is 1. The van der Waals surface area contributed by atoms with E-state index in [1.165, 1.54) is 18.2 Å². The molecule has 0 saturated carbocycles. The molecule has 1 aromatic carbocycles. The largest absolute Gasteiger partial charge is 0.343 e. The summed E-state index contributed by atoms with van der Waals surface area (Å²) in [6, 6.07) is 5.89. The SMILES string of the molecule is CC(C)N1CCN(C(=O)CNC(=O)c2cccc(F)c2)CC1. The molecule has 6 heteroatoms. The van der Waals surface area contributed by atoms with Crippen LogP contribution in [0.4, 0.5) is 4.39 Å². The summed E-state index contributed by atoms with van der Waals surface area (Å²) in [6.45, 7) is 7.26. The number of rotatable bonds is 4. The molecule has 2 rings (SSSR count). The lowest BCUT2D eigenvalue weighted by atomic mass is 10.2. The van der Waals surface area contributed by atoms with Crippen molar-refractivity contribution in [3.63, 3.8) is 0 Å². The first-order valence-corrected chi connectivity index (χ1v) is 7.53. The molecule has 1 saturated heterocycles. The second-order valence-corrected chi connectivity index (χ2v) is 5.70. The minimum absolute atomic E-state index is 0.0585. The summed E-state index contributed by atoms with van der Waals surface area (Å²) in [6.07, 6.45) is 0. The molecule has 0 aliphatic carbocycles. The molecule has 1 fully saturated rings. The average Bonchev–Trinajstić information content (AvgIpc) is 2.52. The van der Waals surface area contributed by atoms with Gasteiger partial charge in [0.05, 0.1) is 6.54 Å². The monoisotopic (exact) mass is 307 g/mol. The number of carbonyl (C=O) groups excluding carboxylic acids is 2. The zero-order chi connectivity index (χ0) is 16.1. The standard InChI is InChI=1S/C16H22FN3O2/c1-12(2)19-6-8-20(9-7-19)15(21)11-18-16(22)13-4-3-5-14(17)10-13/h3-5,10,12H,6-9,11H2,1-2H3,(H,18,22). The average molecular weight is 307 g/mol. The minimum atomic E-state index is -0.469. The van der Waals surface area contributed by atoms with E-state index in [2.05, 4.69) is 24.1 Å². The first kappa shape index (κ1) is 16.4. The van der Waals surface area contributed by atoms with Crippen molar-refractivity contribution in [2.45, 2.75) is 19.9 Å². The first-order valence-electron chi connectivity index (χ1n) is 7.53. The molecule has 22 heavy (non-hydrogen) atoms. The van der Waals surface area contributed by atoms with Gasteiger partial charge >= 0.3 is 0 Å². The Morgan fingerprint density at radius 1 is 1.23 bits per heavy atom. The van der Waals surface area contributed by atoms with Crippen molar-refractivity contribution < 1.29 is 14.0 Å². The van der Waals surface area contributed by atoms with Crippen molar-refractivity contribution in [2.75, 3.05) is 32.7 Å². The molecule has 2 amide bonds. The molecule has 1 aliphatic heterocycles. The van der Waals surface area contributed by atoms with Gasteiger partial charge in [-0.05, 0) is 32.0 Å².